The Morgan fingerprint density at radius 3 is 2.45 bits per heavy atom. The maximum atomic E-state index is 13.6. The normalized spacial score (nSPS) is 25.6. The van der Waals surface area contributed by atoms with Crippen molar-refractivity contribution in [3.63, 3.8) is 0 Å². The molecule has 2 aromatic rings. The number of amides is 1. The van der Waals surface area contributed by atoms with Crippen molar-refractivity contribution in [1.82, 2.24) is 20.1 Å². The molecule has 1 saturated carbocycles. The molecule has 8 heteroatoms. The lowest BCUT2D eigenvalue weighted by Crippen LogP contribution is -2.74. The Hall–Kier alpha value is -3.10. The molecule has 1 aromatic carbocycles. The lowest BCUT2D eigenvalue weighted by atomic mass is 9.49. The van der Waals surface area contributed by atoms with Crippen LogP contribution in [-0.4, -0.2) is 65.1 Å². The van der Waals surface area contributed by atoms with Gasteiger partial charge < -0.3 is 19.9 Å². The maximum absolute atomic E-state index is 13.6. The molecular weight excluding hydrogens is 546 g/mol. The zero-order valence-electron chi connectivity index (χ0n) is 25.0. The third kappa shape index (κ3) is 5.17. The van der Waals surface area contributed by atoms with E-state index in [1.807, 2.05) is 17.0 Å². The smallest absolute Gasteiger partial charge is 0.256 e. The third-order valence-electron chi connectivity index (χ3n) is 9.91. The second kappa shape index (κ2) is 11.2. The highest BCUT2D eigenvalue weighted by Gasteiger charge is 2.67. The topological polar surface area (TPSA) is 62.1 Å². The van der Waals surface area contributed by atoms with E-state index < -0.39 is 0 Å². The van der Waals surface area contributed by atoms with E-state index in [1.54, 1.807) is 18.2 Å². The molecule has 7 nitrogen and oxygen atoms in total. The van der Waals surface area contributed by atoms with Crippen LogP contribution < -0.4 is 10.1 Å². The molecule has 6 rings (SSSR count). The summed E-state index contributed by atoms with van der Waals surface area (Å²) in [6.45, 7) is 20.8. The molecule has 1 amide bonds. The molecule has 0 spiro atoms. The van der Waals surface area contributed by atoms with Gasteiger partial charge in [0.15, 0.2) is 0 Å². The highest BCUT2D eigenvalue weighted by molar-refractivity contribution is 6.33. The molecule has 0 radical (unpaired) electrons. The van der Waals surface area contributed by atoms with E-state index in [2.05, 4.69) is 54.6 Å². The van der Waals surface area contributed by atoms with Crippen LogP contribution in [0.4, 0.5) is 5.69 Å². The van der Waals surface area contributed by atoms with E-state index in [0.717, 1.165) is 56.5 Å². The molecule has 0 bridgehead atoms. The first-order valence-corrected chi connectivity index (χ1v) is 15.6. The minimum atomic E-state index is -0.308. The largest absolute Gasteiger partial charge is 0.489 e. The molecular formula is C34H40ClN5O2. The summed E-state index contributed by atoms with van der Waals surface area (Å²) in [5, 5.41) is 3.84. The van der Waals surface area contributed by atoms with Crippen LogP contribution in [0.2, 0.25) is 5.02 Å². The Morgan fingerprint density at radius 2 is 1.79 bits per heavy atom. The van der Waals surface area contributed by atoms with E-state index in [9.17, 15) is 4.79 Å². The summed E-state index contributed by atoms with van der Waals surface area (Å²) in [4.78, 5) is 26.5. The number of likely N-dealkylation sites (tertiary alicyclic amines) is 1. The van der Waals surface area contributed by atoms with E-state index in [1.165, 1.54) is 12.8 Å². The van der Waals surface area contributed by atoms with Gasteiger partial charge in [-0.05, 0) is 82.0 Å². The van der Waals surface area contributed by atoms with Gasteiger partial charge in [-0.25, -0.2) is 9.83 Å². The van der Waals surface area contributed by atoms with E-state index in [4.69, 9.17) is 27.9 Å². The molecule has 4 heterocycles. The molecule has 220 valence electrons. The van der Waals surface area contributed by atoms with Gasteiger partial charge in [-0.1, -0.05) is 51.3 Å². The van der Waals surface area contributed by atoms with Crippen molar-refractivity contribution in [2.24, 2.45) is 16.7 Å². The van der Waals surface area contributed by atoms with E-state index >= 15 is 0 Å². The van der Waals surface area contributed by atoms with E-state index in [0.29, 0.717) is 34.5 Å². The first kappa shape index (κ1) is 29.0. The average molecular weight is 586 g/mol. The molecule has 42 heavy (non-hydrogen) atoms. The summed E-state index contributed by atoms with van der Waals surface area (Å²) in [6.07, 6.45) is 4.58. The van der Waals surface area contributed by atoms with Crippen molar-refractivity contribution in [2.75, 3.05) is 26.2 Å². The molecule has 1 aromatic heterocycles. The van der Waals surface area contributed by atoms with Gasteiger partial charge in [0.1, 0.15) is 17.5 Å². The first-order chi connectivity index (χ1) is 20.1. The van der Waals surface area contributed by atoms with Gasteiger partial charge in [0.25, 0.3) is 5.91 Å². The van der Waals surface area contributed by atoms with Crippen LogP contribution in [0.5, 0.6) is 5.75 Å². The quantitative estimate of drug-likeness (QED) is 0.355. The molecule has 2 saturated heterocycles. The van der Waals surface area contributed by atoms with Crippen molar-refractivity contribution in [3.8, 4) is 17.6 Å². The van der Waals surface area contributed by atoms with E-state index in [-0.39, 0.29) is 28.9 Å². The van der Waals surface area contributed by atoms with Crippen LogP contribution in [-0.2, 0) is 6.54 Å². The van der Waals surface area contributed by atoms with Crippen LogP contribution in [0, 0.1) is 35.2 Å². The lowest BCUT2D eigenvalue weighted by Gasteiger charge is -2.65. The van der Waals surface area contributed by atoms with Crippen LogP contribution in [0.1, 0.15) is 75.1 Å². The first-order valence-electron chi connectivity index (χ1n) is 15.2. The summed E-state index contributed by atoms with van der Waals surface area (Å²) < 4.78 is 6.45. The number of benzene rings is 1. The Kier molecular flexibility index (Phi) is 7.73. The zero-order valence-corrected chi connectivity index (χ0v) is 25.8. The van der Waals surface area contributed by atoms with Crippen molar-refractivity contribution in [1.29, 1.82) is 0 Å². The van der Waals surface area contributed by atoms with Gasteiger partial charge in [-0.15, -0.1) is 0 Å². The standard InChI is InChI=1S/C34H40ClN5O2/c1-33(2)31(34(3,4)32(33)42-25-9-11-28(36-5)27(35)20-25)40-21-29-26(30(40)41)10-8-23(38-29)7-6-22-14-18-39(19-15-22)24-12-16-37-17-13-24/h8-11,20,22,24,31-32,37H,12-19,21H2,1-4H3. The van der Waals surface area contributed by atoms with Crippen molar-refractivity contribution in [3.05, 3.63) is 63.7 Å². The highest BCUT2D eigenvalue weighted by atomic mass is 35.5. The van der Waals surface area contributed by atoms with Gasteiger partial charge in [-0.2, -0.15) is 0 Å². The minimum Gasteiger partial charge on any atom is -0.489 e. The predicted molar refractivity (Wildman–Crippen MR) is 165 cm³/mol. The minimum absolute atomic E-state index is 0.0244. The number of aromatic nitrogens is 1. The molecule has 1 N–H and O–H groups in total. The number of pyridine rings is 1. The van der Waals surface area contributed by atoms with Crippen LogP contribution in [0.15, 0.2) is 30.3 Å². The second-order valence-corrected chi connectivity index (χ2v) is 13.9. The molecule has 0 unspecified atom stereocenters. The van der Waals surface area contributed by atoms with Crippen molar-refractivity contribution < 1.29 is 9.53 Å². The fourth-order valence-electron chi connectivity index (χ4n) is 8.24. The lowest BCUT2D eigenvalue weighted by molar-refractivity contribution is -0.199. The number of nitrogens with zero attached hydrogens (tertiary/aromatic N) is 4. The summed E-state index contributed by atoms with van der Waals surface area (Å²) >= 11 is 6.27. The fourth-order valence-corrected chi connectivity index (χ4v) is 8.46. The SMILES string of the molecule is [C-]#[N+]c1ccc(OC2C(C)(C)C(N3Cc4nc(C#CC5CCN(C6CCNCC6)CC5)ccc4C3=O)C2(C)C)cc1Cl. The summed E-state index contributed by atoms with van der Waals surface area (Å²) in [6, 6.07) is 9.68. The van der Waals surface area contributed by atoms with Crippen LogP contribution >= 0.6 is 11.6 Å². The Morgan fingerprint density at radius 1 is 1.07 bits per heavy atom. The Bertz CT molecular complexity index is 1450. The average Bonchev–Trinajstić information content (AvgIpc) is 3.29. The summed E-state index contributed by atoms with van der Waals surface area (Å²) in [7, 11) is 0. The number of piperidine rings is 2. The Balaban J connectivity index is 1.11. The van der Waals surface area contributed by atoms with Crippen molar-refractivity contribution in [2.45, 2.75) is 78.1 Å². The number of carbonyl (C=O) groups is 1. The van der Waals surface area contributed by atoms with Gasteiger partial charge >= 0.3 is 0 Å². The second-order valence-electron chi connectivity index (χ2n) is 13.5. The number of hydrogen-bond donors (Lipinski definition) is 1. The number of carbonyl (C=O) groups excluding carboxylic acids is 1. The summed E-state index contributed by atoms with van der Waals surface area (Å²) in [5.74, 6) is 7.89. The Labute approximate surface area is 254 Å². The monoisotopic (exact) mass is 585 g/mol. The van der Waals surface area contributed by atoms with Gasteiger partial charge in [0.2, 0.25) is 5.69 Å². The number of fused-ring (bicyclic) bond motifs is 1. The number of rotatable bonds is 4. The van der Waals surface area contributed by atoms with Crippen LogP contribution in [0.3, 0.4) is 0 Å². The van der Waals surface area contributed by atoms with Gasteiger partial charge in [0, 0.05) is 28.8 Å². The number of nitrogens with one attached hydrogen (secondary N) is 1. The number of ether oxygens (including phenoxy) is 1. The number of hydrogen-bond acceptors (Lipinski definition) is 5. The third-order valence-corrected chi connectivity index (χ3v) is 10.2. The molecule has 0 atom stereocenters. The fraction of sp³-hybridized carbons (Fsp3) is 0.559. The van der Waals surface area contributed by atoms with Crippen LogP contribution in [0.25, 0.3) is 4.85 Å². The maximum Gasteiger partial charge on any atom is 0.256 e. The highest BCUT2D eigenvalue weighted by Crippen LogP contribution is 2.59. The molecule has 3 fully saturated rings. The molecule has 1 aliphatic carbocycles. The molecule has 4 aliphatic rings. The summed E-state index contributed by atoms with van der Waals surface area (Å²) in [5.41, 5.74) is 2.02. The number of halogens is 1. The predicted octanol–water partition coefficient (Wildman–Crippen LogP) is 5.94. The van der Waals surface area contributed by atoms with Crippen molar-refractivity contribution >= 4 is 23.2 Å². The molecule has 3 aliphatic heterocycles. The van der Waals surface area contributed by atoms with Gasteiger partial charge in [0.05, 0.1) is 29.4 Å². The zero-order chi connectivity index (χ0) is 29.6. The van der Waals surface area contributed by atoms with Gasteiger partial charge in [-0.3, -0.25) is 4.79 Å².